The summed E-state index contributed by atoms with van der Waals surface area (Å²) >= 11 is 0. The zero-order valence-corrected chi connectivity index (χ0v) is 16.8. The van der Waals surface area contributed by atoms with Crippen LogP contribution in [0.2, 0.25) is 0 Å². The van der Waals surface area contributed by atoms with E-state index < -0.39 is 15.6 Å². The molecule has 1 fully saturated rings. The van der Waals surface area contributed by atoms with Crippen LogP contribution in [-0.2, 0) is 26.0 Å². The third-order valence-corrected chi connectivity index (χ3v) is 6.54. The van der Waals surface area contributed by atoms with Gasteiger partial charge in [0.1, 0.15) is 12.4 Å². The molecule has 1 saturated heterocycles. The molecule has 1 aromatic rings. The molecular formula is C19H28N2O5S. The van der Waals surface area contributed by atoms with Crippen LogP contribution in [0, 0.1) is 0 Å². The molecule has 0 aliphatic carbocycles. The fourth-order valence-electron chi connectivity index (χ4n) is 3.74. The van der Waals surface area contributed by atoms with E-state index >= 15 is 0 Å². The third-order valence-electron chi connectivity index (χ3n) is 5.29. The van der Waals surface area contributed by atoms with Gasteiger partial charge in [-0.25, -0.2) is 8.42 Å². The third kappa shape index (κ3) is 4.62. The molecule has 2 aliphatic rings. The lowest BCUT2D eigenvalue weighted by molar-refractivity contribution is -0.167. The highest BCUT2D eigenvalue weighted by Crippen LogP contribution is 2.29. The van der Waals surface area contributed by atoms with Crippen molar-refractivity contribution in [2.24, 2.45) is 0 Å². The molecule has 2 heterocycles. The number of benzene rings is 1. The van der Waals surface area contributed by atoms with Gasteiger partial charge in [0, 0.05) is 13.6 Å². The van der Waals surface area contributed by atoms with E-state index in [2.05, 4.69) is 6.07 Å². The van der Waals surface area contributed by atoms with Crippen LogP contribution in [0.3, 0.4) is 0 Å². The molecule has 1 atom stereocenters. The van der Waals surface area contributed by atoms with E-state index in [-0.39, 0.29) is 25.6 Å². The van der Waals surface area contributed by atoms with Gasteiger partial charge in [-0.05, 0) is 37.3 Å². The molecule has 1 amide bonds. The number of fused-ring (bicyclic) bond motifs is 1. The Bertz CT molecular complexity index is 782. The Hall–Kier alpha value is -1.64. The first-order chi connectivity index (χ1) is 12.8. The molecule has 0 N–H and O–H groups in total. The predicted molar refractivity (Wildman–Crippen MR) is 102 cm³/mol. The minimum atomic E-state index is -3.37. The van der Waals surface area contributed by atoms with Crippen LogP contribution in [0.1, 0.15) is 24.8 Å². The molecule has 0 radical (unpaired) electrons. The lowest BCUT2D eigenvalue weighted by Gasteiger charge is -2.42. The molecule has 3 rings (SSSR count). The lowest BCUT2D eigenvalue weighted by Crippen LogP contribution is -2.61. The van der Waals surface area contributed by atoms with Crippen molar-refractivity contribution < 1.29 is 22.7 Å². The van der Waals surface area contributed by atoms with Gasteiger partial charge in [-0.15, -0.1) is 0 Å². The van der Waals surface area contributed by atoms with Crippen LogP contribution in [-0.4, -0.2) is 75.3 Å². The van der Waals surface area contributed by atoms with Crippen molar-refractivity contribution >= 4 is 15.9 Å². The highest BCUT2D eigenvalue weighted by molar-refractivity contribution is 7.88. The molecule has 0 aromatic heterocycles. The van der Waals surface area contributed by atoms with E-state index in [0.717, 1.165) is 30.6 Å². The van der Waals surface area contributed by atoms with Gasteiger partial charge in [-0.1, -0.05) is 18.2 Å². The number of nitrogens with zero attached hydrogens (tertiary/aromatic N) is 2. The van der Waals surface area contributed by atoms with Gasteiger partial charge in [0.05, 0.1) is 26.0 Å². The fraction of sp³-hybridized carbons (Fsp3) is 0.632. The van der Waals surface area contributed by atoms with Gasteiger partial charge in [-0.2, -0.15) is 4.31 Å². The van der Waals surface area contributed by atoms with Gasteiger partial charge in [0.15, 0.2) is 5.60 Å². The molecule has 0 bridgehead atoms. The maximum atomic E-state index is 13.2. The fourth-order valence-corrected chi connectivity index (χ4v) is 4.59. The zero-order chi connectivity index (χ0) is 19.5. The van der Waals surface area contributed by atoms with Gasteiger partial charge in [0.25, 0.3) is 5.91 Å². The van der Waals surface area contributed by atoms with E-state index in [0.29, 0.717) is 19.6 Å². The van der Waals surface area contributed by atoms with Crippen LogP contribution in [0.25, 0.3) is 0 Å². The Kier molecular flexibility index (Phi) is 6.08. The number of carbonyl (C=O) groups is 1. The normalized spacial score (nSPS) is 26.0. The number of carbonyl (C=O) groups excluding carboxylic acids is 1. The van der Waals surface area contributed by atoms with E-state index in [9.17, 15) is 13.2 Å². The van der Waals surface area contributed by atoms with E-state index in [4.69, 9.17) is 9.47 Å². The second-order valence-electron chi connectivity index (χ2n) is 7.33. The molecule has 8 heteroatoms. The van der Waals surface area contributed by atoms with Gasteiger partial charge in [0.2, 0.25) is 10.0 Å². The van der Waals surface area contributed by atoms with Crippen molar-refractivity contribution in [3.63, 3.8) is 0 Å². The van der Waals surface area contributed by atoms with E-state index in [1.165, 1.54) is 10.6 Å². The number of amides is 1. The van der Waals surface area contributed by atoms with Crippen LogP contribution in [0.5, 0.6) is 5.75 Å². The number of para-hydroxylation sites is 1. The van der Waals surface area contributed by atoms with E-state index in [1.807, 2.05) is 18.2 Å². The number of morpholine rings is 1. The Balaban J connectivity index is 1.83. The van der Waals surface area contributed by atoms with Crippen LogP contribution >= 0.6 is 0 Å². The number of aryl methyl sites for hydroxylation is 1. The van der Waals surface area contributed by atoms with Gasteiger partial charge < -0.3 is 14.4 Å². The summed E-state index contributed by atoms with van der Waals surface area (Å²) in [6, 6.07) is 7.97. The summed E-state index contributed by atoms with van der Waals surface area (Å²) in [6.07, 6.45) is 4.19. The number of hydrogen-bond donors (Lipinski definition) is 0. The maximum Gasteiger partial charge on any atom is 0.256 e. The van der Waals surface area contributed by atoms with Crippen molar-refractivity contribution in [1.29, 1.82) is 0 Å². The first kappa shape index (κ1) is 20.1. The molecule has 27 heavy (non-hydrogen) atoms. The van der Waals surface area contributed by atoms with Crippen molar-refractivity contribution in [2.45, 2.75) is 31.3 Å². The Morgan fingerprint density at radius 1 is 1.11 bits per heavy atom. The number of rotatable bonds is 1. The SMILES string of the molecule is CN1CCOc2ccccc2CCCCC2(CN(S(C)(=O)=O)CCO2)C1=O. The molecule has 7 nitrogen and oxygen atoms in total. The highest BCUT2D eigenvalue weighted by atomic mass is 32.2. The highest BCUT2D eigenvalue weighted by Gasteiger charge is 2.46. The minimum Gasteiger partial charge on any atom is -0.491 e. The molecule has 1 aromatic carbocycles. The number of hydrogen-bond acceptors (Lipinski definition) is 5. The summed E-state index contributed by atoms with van der Waals surface area (Å²) in [5.74, 6) is 0.694. The second-order valence-corrected chi connectivity index (χ2v) is 9.31. The van der Waals surface area contributed by atoms with Crippen LogP contribution in [0.4, 0.5) is 0 Å². The Morgan fingerprint density at radius 2 is 1.89 bits per heavy atom. The van der Waals surface area contributed by atoms with Crippen molar-refractivity contribution in [1.82, 2.24) is 9.21 Å². The quantitative estimate of drug-likeness (QED) is 0.715. The monoisotopic (exact) mass is 396 g/mol. The minimum absolute atomic E-state index is 0.0758. The van der Waals surface area contributed by atoms with Gasteiger partial charge in [-0.3, -0.25) is 4.79 Å². The summed E-state index contributed by atoms with van der Waals surface area (Å²) in [4.78, 5) is 14.8. The van der Waals surface area contributed by atoms with Gasteiger partial charge >= 0.3 is 0 Å². The molecule has 1 spiro atoms. The second kappa shape index (κ2) is 8.16. The summed E-state index contributed by atoms with van der Waals surface area (Å²) in [5, 5.41) is 0. The maximum absolute atomic E-state index is 13.2. The standard InChI is InChI=1S/C19H28N2O5S/c1-20-11-13-25-17-9-4-3-7-16(17)8-5-6-10-19(18(20)22)15-21(12-14-26-19)27(2,23)24/h3-4,7,9H,5-6,8,10-15H2,1-2H3. The molecule has 150 valence electrons. The molecular weight excluding hydrogens is 368 g/mol. The molecule has 0 saturated carbocycles. The largest absolute Gasteiger partial charge is 0.491 e. The summed E-state index contributed by atoms with van der Waals surface area (Å²) in [6.45, 7) is 1.38. The first-order valence-corrected chi connectivity index (χ1v) is 11.2. The first-order valence-electron chi connectivity index (χ1n) is 9.37. The molecule has 2 aliphatic heterocycles. The van der Waals surface area contributed by atoms with Crippen LogP contribution in [0.15, 0.2) is 24.3 Å². The Morgan fingerprint density at radius 3 is 2.67 bits per heavy atom. The Labute approximate surface area is 161 Å². The van der Waals surface area contributed by atoms with Crippen LogP contribution < -0.4 is 4.74 Å². The summed E-state index contributed by atoms with van der Waals surface area (Å²) in [7, 11) is -1.66. The molecule has 1 unspecified atom stereocenters. The van der Waals surface area contributed by atoms with Crippen molar-refractivity contribution in [2.75, 3.05) is 46.2 Å². The smallest absolute Gasteiger partial charge is 0.256 e. The summed E-state index contributed by atoms with van der Waals surface area (Å²) < 4.78 is 37.3. The predicted octanol–water partition coefficient (Wildman–Crippen LogP) is 1.28. The van der Waals surface area contributed by atoms with Crippen molar-refractivity contribution in [3.05, 3.63) is 29.8 Å². The zero-order valence-electron chi connectivity index (χ0n) is 16.0. The summed E-state index contributed by atoms with van der Waals surface area (Å²) in [5.41, 5.74) is 0.0397. The van der Waals surface area contributed by atoms with Crippen molar-refractivity contribution in [3.8, 4) is 5.75 Å². The average molecular weight is 397 g/mol. The number of sulfonamides is 1. The topological polar surface area (TPSA) is 76.2 Å². The average Bonchev–Trinajstić information content (AvgIpc) is 2.64. The number of likely N-dealkylation sites (N-methyl/N-ethyl adjacent to an activating group) is 1. The number of ether oxygens (including phenoxy) is 2. The lowest BCUT2D eigenvalue weighted by atomic mass is 9.92. The van der Waals surface area contributed by atoms with E-state index in [1.54, 1.807) is 11.9 Å².